The van der Waals surface area contributed by atoms with Crippen molar-refractivity contribution < 1.29 is 8.42 Å². The normalized spacial score (nSPS) is 25.5. The summed E-state index contributed by atoms with van der Waals surface area (Å²) in [7, 11) is -3.57. The lowest BCUT2D eigenvalue weighted by Gasteiger charge is -2.36. The number of sulfonamides is 1. The second-order valence-corrected chi connectivity index (χ2v) is 8.52. The van der Waals surface area contributed by atoms with Crippen LogP contribution in [0.3, 0.4) is 0 Å². The van der Waals surface area contributed by atoms with E-state index < -0.39 is 10.0 Å². The number of nitrogens with zero attached hydrogens (tertiary/aromatic N) is 2. The third kappa shape index (κ3) is 3.03. The lowest BCUT2D eigenvalue weighted by molar-refractivity contribution is 0.340. The molecule has 2 heterocycles. The molecule has 0 amide bonds. The summed E-state index contributed by atoms with van der Waals surface area (Å²) >= 11 is 13.3. The van der Waals surface area contributed by atoms with Gasteiger partial charge in [0, 0.05) is 29.8 Å². The first-order valence-electron chi connectivity index (χ1n) is 5.78. The molecule has 1 saturated heterocycles. The molecule has 1 aromatic heterocycles. The van der Waals surface area contributed by atoms with Crippen LogP contribution in [0.4, 0.5) is 0 Å². The van der Waals surface area contributed by atoms with Gasteiger partial charge < -0.3 is 0 Å². The van der Waals surface area contributed by atoms with Crippen LogP contribution in [-0.4, -0.2) is 41.3 Å². The fourth-order valence-electron chi connectivity index (χ4n) is 1.92. The zero-order valence-corrected chi connectivity index (χ0v) is 13.7. The van der Waals surface area contributed by atoms with Gasteiger partial charge in [-0.15, -0.1) is 0 Å². The topological polar surface area (TPSA) is 50.3 Å². The van der Waals surface area contributed by atoms with Gasteiger partial charge in [0.1, 0.15) is 10.0 Å². The molecule has 2 atom stereocenters. The van der Waals surface area contributed by atoms with E-state index in [1.807, 2.05) is 13.8 Å². The maximum Gasteiger partial charge on any atom is 0.244 e. The zero-order valence-electron chi connectivity index (χ0n) is 10.5. The molecule has 8 heteroatoms. The van der Waals surface area contributed by atoms with Gasteiger partial charge in [0.2, 0.25) is 10.0 Å². The average Bonchev–Trinajstić information content (AvgIpc) is 2.35. The Balaban J connectivity index is 2.38. The van der Waals surface area contributed by atoms with E-state index in [9.17, 15) is 8.42 Å². The van der Waals surface area contributed by atoms with E-state index in [1.165, 1.54) is 16.6 Å². The quantitative estimate of drug-likeness (QED) is 0.776. The van der Waals surface area contributed by atoms with Crippen LogP contribution in [0.2, 0.25) is 10.2 Å². The Morgan fingerprint density at radius 2 is 2.11 bits per heavy atom. The van der Waals surface area contributed by atoms with Crippen LogP contribution < -0.4 is 0 Å². The van der Waals surface area contributed by atoms with Crippen molar-refractivity contribution in [1.82, 2.24) is 9.29 Å². The lowest BCUT2D eigenvalue weighted by atomic mass is 10.2. The van der Waals surface area contributed by atoms with Crippen LogP contribution in [0.5, 0.6) is 0 Å². The van der Waals surface area contributed by atoms with Gasteiger partial charge in [-0.3, -0.25) is 0 Å². The first-order chi connectivity index (χ1) is 8.84. The van der Waals surface area contributed by atoms with Gasteiger partial charge in [0.15, 0.2) is 0 Å². The van der Waals surface area contributed by atoms with Gasteiger partial charge >= 0.3 is 0 Å². The molecule has 1 fully saturated rings. The number of hydrogen-bond acceptors (Lipinski definition) is 4. The first-order valence-corrected chi connectivity index (χ1v) is 9.03. The van der Waals surface area contributed by atoms with Crippen molar-refractivity contribution in [2.45, 2.75) is 30.0 Å². The van der Waals surface area contributed by atoms with Crippen LogP contribution in [0.1, 0.15) is 13.8 Å². The van der Waals surface area contributed by atoms with Gasteiger partial charge in [0.05, 0.1) is 5.02 Å². The van der Waals surface area contributed by atoms with Crippen LogP contribution in [0.25, 0.3) is 0 Å². The molecule has 2 rings (SSSR count). The molecule has 0 aromatic carbocycles. The number of pyridine rings is 1. The molecule has 0 spiro atoms. The van der Waals surface area contributed by atoms with Crippen molar-refractivity contribution in [3.63, 3.8) is 0 Å². The van der Waals surface area contributed by atoms with Gasteiger partial charge in [0.25, 0.3) is 0 Å². The minimum Gasteiger partial charge on any atom is -0.242 e. The lowest BCUT2D eigenvalue weighted by Crippen LogP contribution is -2.47. The number of thioether (sulfide) groups is 1. The molecule has 0 saturated carbocycles. The number of hydrogen-bond donors (Lipinski definition) is 0. The van der Waals surface area contributed by atoms with Crippen molar-refractivity contribution in [2.75, 3.05) is 12.3 Å². The van der Waals surface area contributed by atoms with Crippen molar-refractivity contribution >= 4 is 45.0 Å². The predicted molar refractivity (Wildman–Crippen MR) is 79.5 cm³/mol. The van der Waals surface area contributed by atoms with Crippen LogP contribution in [-0.2, 0) is 10.0 Å². The maximum atomic E-state index is 12.6. The standard InChI is InChI=1S/C11H14Cl2N2O2S2/c1-7-8(2)18-4-3-15(7)19(16,17)9-5-10(12)11(13)14-6-9/h5-8H,3-4H2,1-2H3. The third-order valence-corrected chi connectivity index (χ3v) is 7.18. The molecule has 0 aliphatic carbocycles. The van der Waals surface area contributed by atoms with Crippen molar-refractivity contribution in [3.05, 3.63) is 22.4 Å². The van der Waals surface area contributed by atoms with E-state index in [4.69, 9.17) is 23.2 Å². The fourth-order valence-corrected chi connectivity index (χ4v) is 5.23. The molecule has 2 unspecified atom stereocenters. The Labute approximate surface area is 127 Å². The summed E-state index contributed by atoms with van der Waals surface area (Å²) in [5.41, 5.74) is 0. The minimum atomic E-state index is -3.57. The molecule has 1 aliphatic heterocycles. The Kier molecular flexibility index (Phi) is 4.67. The summed E-state index contributed by atoms with van der Waals surface area (Å²) in [5, 5.41) is 0.519. The molecule has 0 radical (unpaired) electrons. The van der Waals surface area contributed by atoms with Crippen molar-refractivity contribution in [3.8, 4) is 0 Å². The van der Waals surface area contributed by atoms with E-state index in [2.05, 4.69) is 4.98 Å². The third-order valence-electron chi connectivity index (χ3n) is 3.20. The van der Waals surface area contributed by atoms with Crippen LogP contribution >= 0.6 is 35.0 Å². The van der Waals surface area contributed by atoms with E-state index in [0.29, 0.717) is 6.54 Å². The van der Waals surface area contributed by atoms with Crippen molar-refractivity contribution in [2.24, 2.45) is 0 Å². The fraction of sp³-hybridized carbons (Fsp3) is 0.545. The second-order valence-electron chi connectivity index (χ2n) is 4.38. The second kappa shape index (κ2) is 5.77. The number of rotatable bonds is 2. The zero-order chi connectivity index (χ0) is 14.2. The van der Waals surface area contributed by atoms with Gasteiger partial charge in [-0.1, -0.05) is 30.1 Å². The summed E-state index contributed by atoms with van der Waals surface area (Å²) in [5.74, 6) is 0.791. The summed E-state index contributed by atoms with van der Waals surface area (Å²) < 4.78 is 26.7. The SMILES string of the molecule is CC1SCCN(S(=O)(=O)c2cnc(Cl)c(Cl)c2)C1C. The van der Waals surface area contributed by atoms with Crippen LogP contribution in [0.15, 0.2) is 17.2 Å². The molecular weight excluding hydrogens is 327 g/mol. The highest BCUT2D eigenvalue weighted by Crippen LogP contribution is 2.30. The summed E-state index contributed by atoms with van der Waals surface area (Å²) in [6.07, 6.45) is 1.25. The highest BCUT2D eigenvalue weighted by atomic mass is 35.5. The van der Waals surface area contributed by atoms with Crippen LogP contribution in [0, 0.1) is 0 Å². The molecule has 4 nitrogen and oxygen atoms in total. The summed E-state index contributed by atoms with van der Waals surface area (Å²) in [6, 6.07) is 1.30. The molecule has 1 aliphatic rings. The first kappa shape index (κ1) is 15.4. The van der Waals surface area contributed by atoms with E-state index in [-0.39, 0.29) is 26.4 Å². The number of aromatic nitrogens is 1. The smallest absolute Gasteiger partial charge is 0.242 e. The van der Waals surface area contributed by atoms with E-state index >= 15 is 0 Å². The summed E-state index contributed by atoms with van der Waals surface area (Å²) in [4.78, 5) is 3.90. The summed E-state index contributed by atoms with van der Waals surface area (Å²) in [6.45, 7) is 4.45. The molecule has 0 bridgehead atoms. The Bertz CT molecular complexity index is 580. The van der Waals surface area contributed by atoms with Gasteiger partial charge in [-0.05, 0) is 13.0 Å². The Hall–Kier alpha value is -0.0100. The molecular formula is C11H14Cl2N2O2S2. The van der Waals surface area contributed by atoms with Crippen molar-refractivity contribution in [1.29, 1.82) is 0 Å². The molecule has 19 heavy (non-hydrogen) atoms. The predicted octanol–water partition coefficient (Wildman–Crippen LogP) is 2.90. The largest absolute Gasteiger partial charge is 0.244 e. The minimum absolute atomic E-state index is 0.0572. The number of halogens is 2. The molecule has 1 aromatic rings. The maximum absolute atomic E-state index is 12.6. The van der Waals surface area contributed by atoms with E-state index in [1.54, 1.807) is 11.8 Å². The average molecular weight is 341 g/mol. The Morgan fingerprint density at radius 1 is 1.42 bits per heavy atom. The Morgan fingerprint density at radius 3 is 2.74 bits per heavy atom. The monoisotopic (exact) mass is 340 g/mol. The highest BCUT2D eigenvalue weighted by molar-refractivity contribution is 8.00. The molecule has 0 N–H and O–H groups in total. The van der Waals surface area contributed by atoms with E-state index in [0.717, 1.165) is 5.75 Å². The van der Waals surface area contributed by atoms with Gasteiger partial charge in [-0.2, -0.15) is 16.1 Å². The highest BCUT2D eigenvalue weighted by Gasteiger charge is 2.35. The molecule has 106 valence electrons. The van der Waals surface area contributed by atoms with Gasteiger partial charge in [-0.25, -0.2) is 13.4 Å².